The van der Waals surface area contributed by atoms with Crippen molar-refractivity contribution in [1.29, 1.82) is 0 Å². The van der Waals surface area contributed by atoms with Crippen LogP contribution in [-0.2, 0) is 19.1 Å². The molecule has 0 spiro atoms. The SMILES string of the molecule is CCCCOC(=O)N(C)[C@H]1[C@@H](CN)CC(C(=O)O)[C@@H]1C(=O)OC. The van der Waals surface area contributed by atoms with E-state index in [4.69, 9.17) is 15.2 Å². The van der Waals surface area contributed by atoms with Crippen LogP contribution < -0.4 is 5.73 Å². The van der Waals surface area contributed by atoms with Crippen molar-refractivity contribution >= 4 is 18.0 Å². The molecule has 0 bridgehead atoms. The lowest BCUT2D eigenvalue weighted by molar-refractivity contribution is -0.156. The van der Waals surface area contributed by atoms with Crippen LogP contribution in [0.3, 0.4) is 0 Å². The van der Waals surface area contributed by atoms with Crippen molar-refractivity contribution < 1.29 is 29.0 Å². The molecule has 1 rings (SSSR count). The highest BCUT2D eigenvalue weighted by Crippen LogP contribution is 2.40. The third-order valence-electron chi connectivity index (χ3n) is 4.39. The van der Waals surface area contributed by atoms with Crippen molar-refractivity contribution in [3.63, 3.8) is 0 Å². The summed E-state index contributed by atoms with van der Waals surface area (Å²) in [5, 5.41) is 9.37. The molecule has 0 aromatic heterocycles. The van der Waals surface area contributed by atoms with E-state index in [1.807, 2.05) is 6.92 Å². The van der Waals surface area contributed by atoms with Gasteiger partial charge in [-0.25, -0.2) is 4.79 Å². The highest BCUT2D eigenvalue weighted by molar-refractivity contribution is 5.83. The second-order valence-electron chi connectivity index (χ2n) is 5.79. The summed E-state index contributed by atoms with van der Waals surface area (Å²) in [5.74, 6) is -3.91. The number of carboxylic acids is 1. The maximum absolute atomic E-state index is 12.2. The van der Waals surface area contributed by atoms with Gasteiger partial charge in [-0.3, -0.25) is 9.59 Å². The fourth-order valence-electron chi connectivity index (χ4n) is 3.16. The minimum atomic E-state index is -1.09. The molecule has 4 atom stereocenters. The Kier molecular flexibility index (Phi) is 7.28. The minimum absolute atomic E-state index is 0.175. The zero-order chi connectivity index (χ0) is 17.6. The molecule has 8 nitrogen and oxygen atoms in total. The Hall–Kier alpha value is -1.83. The van der Waals surface area contributed by atoms with Crippen LogP contribution in [0.4, 0.5) is 4.79 Å². The number of ether oxygens (including phenoxy) is 2. The second-order valence-corrected chi connectivity index (χ2v) is 5.79. The third-order valence-corrected chi connectivity index (χ3v) is 4.39. The number of rotatable bonds is 7. The largest absolute Gasteiger partial charge is 0.481 e. The Morgan fingerprint density at radius 1 is 1.35 bits per heavy atom. The molecule has 1 aliphatic carbocycles. The van der Waals surface area contributed by atoms with Gasteiger partial charge in [-0.05, 0) is 25.3 Å². The molecular weight excluding hydrogens is 304 g/mol. The smallest absolute Gasteiger partial charge is 0.409 e. The number of unbranched alkanes of at least 4 members (excludes halogenated alkanes) is 1. The number of hydrogen-bond acceptors (Lipinski definition) is 6. The lowest BCUT2D eigenvalue weighted by Gasteiger charge is -2.32. The van der Waals surface area contributed by atoms with Gasteiger partial charge in [-0.1, -0.05) is 13.3 Å². The molecule has 0 aliphatic heterocycles. The first kappa shape index (κ1) is 19.2. The highest BCUT2D eigenvalue weighted by Gasteiger charge is 2.53. The van der Waals surface area contributed by atoms with Gasteiger partial charge >= 0.3 is 18.0 Å². The lowest BCUT2D eigenvalue weighted by atomic mass is 9.92. The molecule has 0 aromatic rings. The summed E-state index contributed by atoms with van der Waals surface area (Å²) in [7, 11) is 2.70. The molecule has 23 heavy (non-hydrogen) atoms. The van der Waals surface area contributed by atoms with E-state index in [9.17, 15) is 19.5 Å². The van der Waals surface area contributed by atoms with Gasteiger partial charge in [0.25, 0.3) is 0 Å². The Morgan fingerprint density at radius 3 is 2.48 bits per heavy atom. The summed E-state index contributed by atoms with van der Waals surface area (Å²) in [4.78, 5) is 37.0. The molecule has 0 saturated heterocycles. The van der Waals surface area contributed by atoms with Crippen LogP contribution >= 0.6 is 0 Å². The quantitative estimate of drug-likeness (QED) is 0.520. The average molecular weight is 330 g/mol. The summed E-state index contributed by atoms with van der Waals surface area (Å²) in [6.45, 7) is 2.43. The molecule has 0 heterocycles. The Balaban J connectivity index is 2.98. The molecule has 1 saturated carbocycles. The predicted octanol–water partition coefficient (Wildman–Crippen LogP) is 0.692. The number of amides is 1. The van der Waals surface area contributed by atoms with Gasteiger partial charge in [-0.2, -0.15) is 0 Å². The summed E-state index contributed by atoms with van der Waals surface area (Å²) < 4.78 is 9.90. The van der Waals surface area contributed by atoms with E-state index in [0.717, 1.165) is 12.8 Å². The standard InChI is InChI=1S/C15H26N2O6/c1-4-5-6-23-15(21)17(2)12-9(8-16)7-10(13(18)19)11(12)14(20)22-3/h9-12H,4-8,16H2,1-3H3,(H,18,19)/t9-,10?,11+,12+/m1/s1. The molecule has 3 N–H and O–H groups in total. The van der Waals surface area contributed by atoms with Crippen LogP contribution in [0, 0.1) is 17.8 Å². The fraction of sp³-hybridized carbons (Fsp3) is 0.800. The van der Waals surface area contributed by atoms with Gasteiger partial charge < -0.3 is 25.2 Å². The number of carbonyl (C=O) groups excluding carboxylic acids is 2. The van der Waals surface area contributed by atoms with Gasteiger partial charge in [0.05, 0.1) is 31.6 Å². The maximum Gasteiger partial charge on any atom is 0.409 e. The Labute approximate surface area is 135 Å². The molecule has 132 valence electrons. The molecular formula is C15H26N2O6. The number of nitrogens with zero attached hydrogens (tertiary/aromatic N) is 1. The van der Waals surface area contributed by atoms with Crippen LogP contribution in [0.1, 0.15) is 26.2 Å². The van der Waals surface area contributed by atoms with Crippen molar-refractivity contribution in [2.75, 3.05) is 27.3 Å². The maximum atomic E-state index is 12.2. The van der Waals surface area contributed by atoms with Crippen LogP contribution in [0.5, 0.6) is 0 Å². The highest BCUT2D eigenvalue weighted by atomic mass is 16.6. The van der Waals surface area contributed by atoms with Gasteiger partial charge in [-0.15, -0.1) is 0 Å². The second kappa shape index (κ2) is 8.71. The monoisotopic (exact) mass is 330 g/mol. The first-order valence-corrected chi connectivity index (χ1v) is 7.79. The van der Waals surface area contributed by atoms with Gasteiger partial charge in [0.1, 0.15) is 0 Å². The zero-order valence-corrected chi connectivity index (χ0v) is 13.9. The molecule has 0 radical (unpaired) electrons. The molecule has 1 amide bonds. The number of nitrogens with two attached hydrogens (primary N) is 1. The van der Waals surface area contributed by atoms with E-state index < -0.39 is 35.9 Å². The van der Waals surface area contributed by atoms with Gasteiger partial charge in [0.15, 0.2) is 0 Å². The number of hydrogen-bond donors (Lipinski definition) is 2. The van der Waals surface area contributed by atoms with E-state index in [-0.39, 0.29) is 25.5 Å². The Morgan fingerprint density at radius 2 is 2.00 bits per heavy atom. The first-order chi connectivity index (χ1) is 10.9. The molecule has 0 aromatic carbocycles. The molecule has 1 aliphatic rings. The number of methoxy groups -OCH3 is 1. The number of aliphatic carboxylic acids is 1. The number of esters is 1. The lowest BCUT2D eigenvalue weighted by Crippen LogP contribution is -2.48. The normalized spacial score (nSPS) is 26.6. The van der Waals surface area contributed by atoms with Crippen molar-refractivity contribution in [3.05, 3.63) is 0 Å². The summed E-state index contributed by atoms with van der Waals surface area (Å²) >= 11 is 0. The summed E-state index contributed by atoms with van der Waals surface area (Å²) in [5.41, 5.74) is 5.73. The van der Waals surface area contributed by atoms with Crippen LogP contribution in [-0.4, -0.2) is 61.4 Å². The summed E-state index contributed by atoms with van der Waals surface area (Å²) in [6, 6.07) is -0.650. The zero-order valence-electron chi connectivity index (χ0n) is 13.9. The van der Waals surface area contributed by atoms with Crippen molar-refractivity contribution in [2.24, 2.45) is 23.5 Å². The fourth-order valence-corrected chi connectivity index (χ4v) is 3.16. The van der Waals surface area contributed by atoms with Crippen molar-refractivity contribution in [3.8, 4) is 0 Å². The van der Waals surface area contributed by atoms with Gasteiger partial charge in [0, 0.05) is 7.05 Å². The van der Waals surface area contributed by atoms with E-state index in [2.05, 4.69) is 0 Å². The molecule has 8 heteroatoms. The predicted molar refractivity (Wildman–Crippen MR) is 81.6 cm³/mol. The van der Waals surface area contributed by atoms with Crippen LogP contribution in [0.25, 0.3) is 0 Å². The third kappa shape index (κ3) is 4.34. The van der Waals surface area contributed by atoms with Crippen molar-refractivity contribution in [2.45, 2.75) is 32.2 Å². The first-order valence-electron chi connectivity index (χ1n) is 7.79. The number of carbonyl (C=O) groups is 3. The van der Waals surface area contributed by atoms with E-state index in [0.29, 0.717) is 0 Å². The number of carboxylic acid groups (broad SMARTS) is 1. The van der Waals surface area contributed by atoms with Crippen LogP contribution in [0.15, 0.2) is 0 Å². The average Bonchev–Trinajstić information content (AvgIpc) is 2.93. The van der Waals surface area contributed by atoms with E-state index >= 15 is 0 Å². The van der Waals surface area contributed by atoms with Crippen LogP contribution in [0.2, 0.25) is 0 Å². The molecule has 1 unspecified atom stereocenters. The Bertz CT molecular complexity index is 442. The van der Waals surface area contributed by atoms with E-state index in [1.54, 1.807) is 0 Å². The molecule has 1 fully saturated rings. The minimum Gasteiger partial charge on any atom is -0.481 e. The summed E-state index contributed by atoms with van der Waals surface area (Å²) in [6.07, 6.45) is 1.27. The van der Waals surface area contributed by atoms with Crippen molar-refractivity contribution in [1.82, 2.24) is 4.90 Å². The van der Waals surface area contributed by atoms with E-state index in [1.165, 1.54) is 19.1 Å². The van der Waals surface area contributed by atoms with Gasteiger partial charge in [0.2, 0.25) is 0 Å². The topological polar surface area (TPSA) is 119 Å².